The highest BCUT2D eigenvalue weighted by atomic mass is 16.7. The molecule has 3 aromatic rings. The quantitative estimate of drug-likeness (QED) is 0.677. The first-order chi connectivity index (χ1) is 12.7. The molecule has 0 aliphatic carbocycles. The van der Waals surface area contributed by atoms with Gasteiger partial charge in [-0.3, -0.25) is 4.79 Å². The van der Waals surface area contributed by atoms with Crippen molar-refractivity contribution in [3.8, 4) is 34.1 Å². The lowest BCUT2D eigenvalue weighted by molar-refractivity contribution is -0.107. The van der Waals surface area contributed by atoms with Crippen molar-refractivity contribution in [2.45, 2.75) is 0 Å². The van der Waals surface area contributed by atoms with Crippen molar-refractivity contribution in [2.75, 3.05) is 25.5 Å². The second-order valence-corrected chi connectivity index (χ2v) is 6.17. The van der Waals surface area contributed by atoms with Crippen molar-refractivity contribution >= 4 is 22.9 Å². The van der Waals surface area contributed by atoms with Crippen LogP contribution in [0.15, 0.2) is 42.5 Å². The number of hydrogen-bond donors (Lipinski definition) is 0. The van der Waals surface area contributed by atoms with Gasteiger partial charge in [0.25, 0.3) is 0 Å². The second kappa shape index (κ2) is 5.56. The third kappa shape index (κ3) is 2.15. The molecule has 0 fully saturated rings. The Bertz CT molecular complexity index is 1050. The maximum Gasteiger partial charge on any atom is 0.231 e. The molecule has 6 heteroatoms. The van der Waals surface area contributed by atoms with E-state index in [9.17, 15) is 4.79 Å². The minimum Gasteiger partial charge on any atom is -0.454 e. The first kappa shape index (κ1) is 14.9. The Hall–Kier alpha value is -3.41. The molecule has 0 saturated carbocycles. The minimum absolute atomic E-state index is 0.208. The predicted molar refractivity (Wildman–Crippen MR) is 96.1 cm³/mol. The van der Waals surface area contributed by atoms with Gasteiger partial charge in [0.1, 0.15) is 0 Å². The molecular weight excluding hydrogens is 334 g/mol. The van der Waals surface area contributed by atoms with E-state index in [1.54, 1.807) is 11.9 Å². The van der Waals surface area contributed by atoms with Crippen LogP contribution in [0.3, 0.4) is 0 Å². The van der Waals surface area contributed by atoms with E-state index >= 15 is 0 Å². The smallest absolute Gasteiger partial charge is 0.231 e. The van der Waals surface area contributed by atoms with Crippen LogP contribution < -0.4 is 23.8 Å². The van der Waals surface area contributed by atoms with E-state index in [0.29, 0.717) is 17.2 Å². The fourth-order valence-corrected chi connectivity index (χ4v) is 3.43. The number of carbonyl (C=O) groups excluding carboxylic acids is 1. The molecule has 0 atom stereocenters. The summed E-state index contributed by atoms with van der Waals surface area (Å²) in [4.78, 5) is 13.2. The van der Waals surface area contributed by atoms with Gasteiger partial charge in [0.2, 0.25) is 20.0 Å². The molecular formula is C20H15NO5. The largest absolute Gasteiger partial charge is 0.454 e. The Kier molecular flexibility index (Phi) is 3.18. The number of amides is 1. The summed E-state index contributed by atoms with van der Waals surface area (Å²) in [5, 5.41) is 1.89. The number of benzene rings is 3. The molecule has 0 bridgehead atoms. The van der Waals surface area contributed by atoms with Gasteiger partial charge in [-0.15, -0.1) is 0 Å². The lowest BCUT2D eigenvalue weighted by Gasteiger charge is -2.20. The molecule has 130 valence electrons. The molecule has 26 heavy (non-hydrogen) atoms. The number of nitrogens with zero attached hydrogens (tertiary/aromatic N) is 1. The first-order valence-electron chi connectivity index (χ1n) is 8.19. The van der Waals surface area contributed by atoms with E-state index in [1.165, 1.54) is 0 Å². The van der Waals surface area contributed by atoms with Crippen LogP contribution in [0.4, 0.5) is 5.69 Å². The van der Waals surface area contributed by atoms with Crippen LogP contribution in [0.2, 0.25) is 0 Å². The maximum absolute atomic E-state index is 11.6. The van der Waals surface area contributed by atoms with Crippen LogP contribution in [0.5, 0.6) is 23.0 Å². The highest BCUT2D eigenvalue weighted by Crippen LogP contribution is 2.44. The third-order valence-corrected chi connectivity index (χ3v) is 4.68. The summed E-state index contributed by atoms with van der Waals surface area (Å²) >= 11 is 0. The average molecular weight is 349 g/mol. The van der Waals surface area contributed by atoms with Crippen molar-refractivity contribution in [1.82, 2.24) is 0 Å². The zero-order valence-electron chi connectivity index (χ0n) is 14.0. The summed E-state index contributed by atoms with van der Waals surface area (Å²) in [6.07, 6.45) is 0.801. The van der Waals surface area contributed by atoms with E-state index in [-0.39, 0.29) is 13.6 Å². The number of hydrogen-bond acceptors (Lipinski definition) is 5. The van der Waals surface area contributed by atoms with Crippen LogP contribution in [-0.2, 0) is 4.79 Å². The van der Waals surface area contributed by atoms with Crippen LogP contribution in [0.25, 0.3) is 21.9 Å². The minimum atomic E-state index is 0.208. The Morgan fingerprint density at radius 2 is 1.54 bits per heavy atom. The van der Waals surface area contributed by atoms with Crippen molar-refractivity contribution in [1.29, 1.82) is 0 Å². The number of carbonyl (C=O) groups is 1. The molecule has 0 saturated heterocycles. The van der Waals surface area contributed by atoms with Crippen LogP contribution >= 0.6 is 0 Å². The van der Waals surface area contributed by atoms with Gasteiger partial charge in [-0.25, -0.2) is 0 Å². The van der Waals surface area contributed by atoms with Crippen molar-refractivity contribution < 1.29 is 23.7 Å². The lowest BCUT2D eigenvalue weighted by Crippen LogP contribution is -2.15. The molecule has 5 rings (SSSR count). The lowest BCUT2D eigenvalue weighted by atomic mass is 9.97. The predicted octanol–water partition coefficient (Wildman–Crippen LogP) is 3.56. The summed E-state index contributed by atoms with van der Waals surface area (Å²) in [6, 6.07) is 13.6. The number of fused-ring (bicyclic) bond motifs is 3. The van der Waals surface area contributed by atoms with E-state index in [4.69, 9.17) is 18.9 Å². The van der Waals surface area contributed by atoms with Gasteiger partial charge in [-0.05, 0) is 35.2 Å². The van der Waals surface area contributed by atoms with Crippen LogP contribution in [-0.4, -0.2) is 27.0 Å². The van der Waals surface area contributed by atoms with Gasteiger partial charge in [0, 0.05) is 18.0 Å². The standard InChI is InChI=1S/C20H15NO5/c1-21(9-22)20-14(12-3-5-16-17(6-12)24-10-23-16)4-2-13-7-18-19(8-15(13)20)26-11-25-18/h2-9H,10-11H2,1H3. The Balaban J connectivity index is 1.77. The van der Waals surface area contributed by atoms with Gasteiger partial charge in [-0.1, -0.05) is 18.2 Å². The van der Waals surface area contributed by atoms with Crippen LogP contribution in [0, 0.1) is 0 Å². The number of ether oxygens (including phenoxy) is 4. The Morgan fingerprint density at radius 3 is 2.31 bits per heavy atom. The SMILES string of the molecule is CN(C=O)c1c(-c2ccc3c(c2)OCO3)ccc2cc3c(cc12)OCO3. The summed E-state index contributed by atoms with van der Waals surface area (Å²) < 4.78 is 21.9. The number of anilines is 1. The average Bonchev–Trinajstić information content (AvgIpc) is 3.32. The Morgan fingerprint density at radius 1 is 0.846 bits per heavy atom. The van der Waals surface area contributed by atoms with E-state index < -0.39 is 0 Å². The van der Waals surface area contributed by atoms with E-state index in [0.717, 1.165) is 39.7 Å². The molecule has 2 heterocycles. The molecule has 2 aliphatic rings. The topological polar surface area (TPSA) is 57.2 Å². The zero-order valence-corrected chi connectivity index (χ0v) is 14.0. The highest BCUT2D eigenvalue weighted by molar-refractivity contribution is 6.06. The highest BCUT2D eigenvalue weighted by Gasteiger charge is 2.21. The molecule has 1 amide bonds. The summed E-state index contributed by atoms with van der Waals surface area (Å²) in [7, 11) is 1.74. The van der Waals surface area contributed by atoms with Gasteiger partial charge < -0.3 is 23.8 Å². The fraction of sp³-hybridized carbons (Fsp3) is 0.150. The molecule has 0 radical (unpaired) electrons. The third-order valence-electron chi connectivity index (χ3n) is 4.68. The molecule has 0 aromatic heterocycles. The van der Waals surface area contributed by atoms with Gasteiger partial charge >= 0.3 is 0 Å². The van der Waals surface area contributed by atoms with Crippen molar-refractivity contribution in [3.05, 3.63) is 42.5 Å². The second-order valence-electron chi connectivity index (χ2n) is 6.17. The van der Waals surface area contributed by atoms with Crippen molar-refractivity contribution in [3.63, 3.8) is 0 Å². The summed E-state index contributed by atoms with van der Waals surface area (Å²) in [5.41, 5.74) is 2.66. The van der Waals surface area contributed by atoms with Gasteiger partial charge in [0.15, 0.2) is 23.0 Å². The molecule has 2 aliphatic heterocycles. The monoisotopic (exact) mass is 349 g/mol. The van der Waals surface area contributed by atoms with Gasteiger partial charge in [0.05, 0.1) is 5.69 Å². The van der Waals surface area contributed by atoms with Crippen molar-refractivity contribution in [2.24, 2.45) is 0 Å². The molecule has 6 nitrogen and oxygen atoms in total. The first-order valence-corrected chi connectivity index (χ1v) is 8.19. The fourth-order valence-electron chi connectivity index (χ4n) is 3.43. The molecule has 3 aromatic carbocycles. The maximum atomic E-state index is 11.6. The summed E-state index contributed by atoms with van der Waals surface area (Å²) in [6.45, 7) is 0.431. The van der Waals surface area contributed by atoms with E-state index in [2.05, 4.69) is 0 Å². The van der Waals surface area contributed by atoms with Gasteiger partial charge in [-0.2, -0.15) is 0 Å². The van der Waals surface area contributed by atoms with Crippen LogP contribution in [0.1, 0.15) is 0 Å². The molecule has 0 N–H and O–H groups in total. The summed E-state index contributed by atoms with van der Waals surface area (Å²) in [5.74, 6) is 2.82. The number of rotatable bonds is 3. The molecule has 0 spiro atoms. The normalized spacial score (nSPS) is 13.9. The van der Waals surface area contributed by atoms with E-state index in [1.807, 2.05) is 42.5 Å². The zero-order chi connectivity index (χ0) is 17.7. The molecule has 0 unspecified atom stereocenters. The Labute approximate surface area is 149 Å².